The zero-order valence-corrected chi connectivity index (χ0v) is 13.4. The number of esters is 1. The monoisotopic (exact) mass is 298 g/mol. The van der Waals surface area contributed by atoms with Crippen LogP contribution in [-0.2, 0) is 14.3 Å². The van der Waals surface area contributed by atoms with E-state index in [1.807, 2.05) is 27.7 Å². The average Bonchev–Trinajstić information content (AvgIpc) is 2.78. The Morgan fingerprint density at radius 3 is 2.71 bits per heavy atom. The van der Waals surface area contributed by atoms with Gasteiger partial charge in [-0.05, 0) is 40.7 Å². The van der Waals surface area contributed by atoms with Crippen LogP contribution in [-0.4, -0.2) is 55.3 Å². The van der Waals surface area contributed by atoms with Crippen LogP contribution < -0.4 is 5.32 Å². The van der Waals surface area contributed by atoms with Gasteiger partial charge in [-0.1, -0.05) is 0 Å². The Morgan fingerprint density at radius 2 is 2.10 bits per heavy atom. The van der Waals surface area contributed by atoms with Crippen molar-refractivity contribution in [3.63, 3.8) is 0 Å². The highest BCUT2D eigenvalue weighted by atomic mass is 16.6. The normalized spacial score (nSPS) is 29.0. The number of rotatable bonds is 2. The molecule has 2 rings (SSSR count). The molecule has 0 aromatic carbocycles. The van der Waals surface area contributed by atoms with Gasteiger partial charge in [0.1, 0.15) is 5.60 Å². The van der Waals surface area contributed by atoms with Gasteiger partial charge in [0.15, 0.2) is 0 Å². The van der Waals surface area contributed by atoms with Crippen LogP contribution in [0.4, 0.5) is 4.79 Å². The molecule has 1 amide bonds. The minimum Gasteiger partial charge on any atom is -0.466 e. The van der Waals surface area contributed by atoms with Gasteiger partial charge in [-0.15, -0.1) is 0 Å². The molecule has 6 heteroatoms. The molecule has 0 aromatic heterocycles. The summed E-state index contributed by atoms with van der Waals surface area (Å²) in [5.74, 6) is -0.0830. The van der Waals surface area contributed by atoms with Crippen molar-refractivity contribution < 1.29 is 19.1 Å². The molecule has 1 N–H and O–H groups in total. The van der Waals surface area contributed by atoms with Crippen LogP contribution in [0.25, 0.3) is 0 Å². The van der Waals surface area contributed by atoms with Gasteiger partial charge in [0.2, 0.25) is 0 Å². The fraction of sp³-hybridized carbons (Fsp3) is 0.867. The van der Waals surface area contributed by atoms with Gasteiger partial charge in [-0.3, -0.25) is 4.79 Å². The number of likely N-dealkylation sites (tertiary alicyclic amines) is 1. The van der Waals surface area contributed by atoms with Crippen molar-refractivity contribution >= 4 is 12.1 Å². The van der Waals surface area contributed by atoms with Gasteiger partial charge in [0, 0.05) is 25.6 Å². The molecule has 2 aliphatic heterocycles. The van der Waals surface area contributed by atoms with Crippen LogP contribution in [0.5, 0.6) is 0 Å². The molecule has 2 heterocycles. The number of hydrogen-bond acceptors (Lipinski definition) is 5. The van der Waals surface area contributed by atoms with Crippen LogP contribution >= 0.6 is 0 Å². The van der Waals surface area contributed by atoms with Crippen molar-refractivity contribution in [1.29, 1.82) is 0 Å². The predicted molar refractivity (Wildman–Crippen MR) is 77.8 cm³/mol. The largest absolute Gasteiger partial charge is 0.466 e. The molecule has 0 radical (unpaired) electrons. The molecule has 120 valence electrons. The molecule has 0 spiro atoms. The first kappa shape index (κ1) is 16.1. The Bertz CT molecular complexity index is 418. The van der Waals surface area contributed by atoms with E-state index in [0.29, 0.717) is 26.1 Å². The first-order chi connectivity index (χ1) is 9.78. The van der Waals surface area contributed by atoms with E-state index < -0.39 is 11.0 Å². The maximum Gasteiger partial charge on any atom is 0.410 e. The van der Waals surface area contributed by atoms with Crippen molar-refractivity contribution in [2.24, 2.45) is 11.3 Å². The molecule has 0 aliphatic carbocycles. The number of amides is 1. The number of piperidine rings is 1. The second kappa shape index (κ2) is 5.83. The third-order valence-electron chi connectivity index (χ3n) is 4.17. The number of fused-ring (bicyclic) bond motifs is 1. The summed E-state index contributed by atoms with van der Waals surface area (Å²) in [4.78, 5) is 26.3. The topological polar surface area (TPSA) is 67.9 Å². The summed E-state index contributed by atoms with van der Waals surface area (Å²) in [6, 6.07) is 0. The molecule has 21 heavy (non-hydrogen) atoms. The molecule has 2 unspecified atom stereocenters. The van der Waals surface area contributed by atoms with Crippen molar-refractivity contribution in [3.8, 4) is 0 Å². The van der Waals surface area contributed by atoms with Crippen LogP contribution in [0.3, 0.4) is 0 Å². The molecular weight excluding hydrogens is 272 g/mol. The summed E-state index contributed by atoms with van der Waals surface area (Å²) in [5, 5.41) is 3.30. The molecule has 2 saturated heterocycles. The van der Waals surface area contributed by atoms with Crippen LogP contribution in [0.1, 0.15) is 34.1 Å². The predicted octanol–water partition coefficient (Wildman–Crippen LogP) is 1.40. The fourth-order valence-electron chi connectivity index (χ4n) is 3.18. The smallest absolute Gasteiger partial charge is 0.410 e. The lowest BCUT2D eigenvalue weighted by molar-refractivity contribution is -0.158. The number of nitrogens with one attached hydrogen (secondary N) is 1. The zero-order valence-electron chi connectivity index (χ0n) is 13.4. The Labute approximate surface area is 126 Å². The van der Waals surface area contributed by atoms with Gasteiger partial charge in [-0.25, -0.2) is 4.79 Å². The first-order valence-corrected chi connectivity index (χ1v) is 7.64. The molecule has 0 bridgehead atoms. The third kappa shape index (κ3) is 3.31. The summed E-state index contributed by atoms with van der Waals surface area (Å²) >= 11 is 0. The zero-order chi connectivity index (χ0) is 15.7. The highest BCUT2D eigenvalue weighted by molar-refractivity contribution is 5.80. The first-order valence-electron chi connectivity index (χ1n) is 7.64. The number of ether oxygens (including phenoxy) is 2. The highest BCUT2D eigenvalue weighted by Crippen LogP contribution is 2.42. The van der Waals surface area contributed by atoms with E-state index in [1.165, 1.54) is 0 Å². The van der Waals surface area contributed by atoms with Crippen LogP contribution in [0.2, 0.25) is 0 Å². The number of nitrogens with zero attached hydrogens (tertiary/aromatic N) is 1. The molecule has 2 fully saturated rings. The number of hydrogen-bond donors (Lipinski definition) is 1. The van der Waals surface area contributed by atoms with Gasteiger partial charge >= 0.3 is 12.1 Å². The quantitative estimate of drug-likeness (QED) is 0.780. The van der Waals surface area contributed by atoms with Crippen molar-refractivity contribution in [1.82, 2.24) is 10.2 Å². The molecule has 0 saturated carbocycles. The molecule has 2 aliphatic rings. The lowest BCUT2D eigenvalue weighted by atomic mass is 9.73. The molecular formula is C15H26N2O4. The lowest BCUT2D eigenvalue weighted by Crippen LogP contribution is -2.50. The summed E-state index contributed by atoms with van der Waals surface area (Å²) < 4.78 is 10.7. The van der Waals surface area contributed by atoms with E-state index in [9.17, 15) is 9.59 Å². The molecule has 6 nitrogen and oxygen atoms in total. The summed E-state index contributed by atoms with van der Waals surface area (Å²) in [5.41, 5.74) is -1.10. The van der Waals surface area contributed by atoms with Crippen molar-refractivity contribution in [2.45, 2.75) is 39.7 Å². The van der Waals surface area contributed by atoms with E-state index in [-0.39, 0.29) is 18.0 Å². The van der Waals surface area contributed by atoms with E-state index in [1.54, 1.807) is 4.90 Å². The fourth-order valence-corrected chi connectivity index (χ4v) is 3.18. The summed E-state index contributed by atoms with van der Waals surface area (Å²) in [6.45, 7) is 10.2. The summed E-state index contributed by atoms with van der Waals surface area (Å²) in [6.07, 6.45) is 0.357. The third-order valence-corrected chi connectivity index (χ3v) is 4.17. The number of carbonyl (C=O) groups is 2. The standard InChI is InChI=1S/C15H26N2O4/c1-5-20-12(18)15-6-7-16-8-11(15)9-17(10-15)13(19)21-14(2,3)4/h11,16H,5-10H2,1-4H3. The second-order valence-corrected chi connectivity index (χ2v) is 6.89. The van der Waals surface area contributed by atoms with E-state index in [2.05, 4.69) is 5.32 Å². The van der Waals surface area contributed by atoms with E-state index >= 15 is 0 Å². The Kier molecular flexibility index (Phi) is 4.46. The molecule has 0 aromatic rings. The van der Waals surface area contributed by atoms with Crippen molar-refractivity contribution in [3.05, 3.63) is 0 Å². The minimum atomic E-state index is -0.571. The molecule has 2 atom stereocenters. The van der Waals surface area contributed by atoms with E-state index in [0.717, 1.165) is 13.1 Å². The van der Waals surface area contributed by atoms with Gasteiger partial charge in [0.25, 0.3) is 0 Å². The second-order valence-electron chi connectivity index (χ2n) is 6.89. The Hall–Kier alpha value is -1.30. The van der Waals surface area contributed by atoms with Crippen LogP contribution in [0.15, 0.2) is 0 Å². The maximum absolute atomic E-state index is 12.4. The van der Waals surface area contributed by atoms with Gasteiger partial charge < -0.3 is 19.7 Å². The van der Waals surface area contributed by atoms with Crippen molar-refractivity contribution in [2.75, 3.05) is 32.8 Å². The lowest BCUT2D eigenvalue weighted by Gasteiger charge is -2.36. The Morgan fingerprint density at radius 1 is 1.38 bits per heavy atom. The maximum atomic E-state index is 12.4. The van der Waals surface area contributed by atoms with E-state index in [4.69, 9.17) is 9.47 Å². The number of carbonyl (C=O) groups excluding carboxylic acids is 2. The van der Waals surface area contributed by atoms with Gasteiger partial charge in [-0.2, -0.15) is 0 Å². The van der Waals surface area contributed by atoms with Crippen LogP contribution in [0, 0.1) is 11.3 Å². The minimum absolute atomic E-state index is 0.0952. The SMILES string of the molecule is CCOC(=O)C12CCNCC1CN(C(=O)OC(C)(C)C)C2. The van der Waals surface area contributed by atoms with Gasteiger partial charge in [0.05, 0.1) is 12.0 Å². The average molecular weight is 298 g/mol. The Balaban J connectivity index is 2.13. The highest BCUT2D eigenvalue weighted by Gasteiger charge is 2.55. The summed E-state index contributed by atoms with van der Waals surface area (Å²) in [7, 11) is 0.